The third-order valence-corrected chi connectivity index (χ3v) is 4.93. The van der Waals surface area contributed by atoms with Crippen LogP contribution in [-0.2, 0) is 24.0 Å². The highest BCUT2D eigenvalue weighted by Gasteiger charge is 2.25. The first-order valence-electron chi connectivity index (χ1n) is 10.2. The molecule has 12 N–H and O–H groups in total. The molecule has 0 spiro atoms. The lowest BCUT2D eigenvalue weighted by Gasteiger charge is -2.20. The third kappa shape index (κ3) is 14.6. The number of carboxylic acid groups (broad SMARTS) is 1. The van der Waals surface area contributed by atoms with Crippen LogP contribution in [0.15, 0.2) is 4.99 Å². The van der Waals surface area contributed by atoms with Crippen LogP contribution in [0.5, 0.6) is 0 Å². The van der Waals surface area contributed by atoms with Crippen molar-refractivity contribution in [3.05, 3.63) is 0 Å². The zero-order valence-electron chi connectivity index (χ0n) is 18.5. The summed E-state index contributed by atoms with van der Waals surface area (Å²) in [4.78, 5) is 62.7. The number of carbonyl (C=O) groups excluding carboxylic acids is 4. The van der Waals surface area contributed by atoms with E-state index >= 15 is 0 Å². The molecule has 0 aromatic heterocycles. The van der Waals surface area contributed by atoms with E-state index < -0.39 is 54.3 Å². The van der Waals surface area contributed by atoms with E-state index in [1.165, 1.54) is 11.8 Å². The number of guanidine groups is 1. The Balaban J connectivity index is 4.77. The number of nitrogens with one attached hydrogen (secondary N) is 3. The minimum absolute atomic E-state index is 0.0280. The van der Waals surface area contributed by atoms with Gasteiger partial charge in [-0.15, -0.1) is 0 Å². The predicted octanol–water partition coefficient (Wildman–Crippen LogP) is -3.44. The summed E-state index contributed by atoms with van der Waals surface area (Å²) in [6.45, 7) is -0.285. The van der Waals surface area contributed by atoms with Crippen LogP contribution in [0.25, 0.3) is 0 Å². The fraction of sp³-hybridized carbons (Fsp3) is 0.667. The van der Waals surface area contributed by atoms with E-state index in [9.17, 15) is 29.1 Å². The van der Waals surface area contributed by atoms with Gasteiger partial charge < -0.3 is 44.0 Å². The standard InChI is InChI=1S/C18H34N8O6S/c1-33-8-6-11(26-15(29)10(19)4-5-13(20)27)16(30)24-9-14(28)25-12(17(31)32)3-2-7-23-18(21)22/h10-12H,2-9,19H2,1H3,(H2,20,27)(H,24,30)(H,25,28)(H,26,29)(H,31,32)(H4,21,22,23). The number of carbonyl (C=O) groups is 5. The van der Waals surface area contributed by atoms with E-state index in [-0.39, 0.29) is 38.2 Å². The molecule has 0 aromatic rings. The van der Waals surface area contributed by atoms with Crippen molar-refractivity contribution in [1.29, 1.82) is 0 Å². The predicted molar refractivity (Wildman–Crippen MR) is 124 cm³/mol. The Hall–Kier alpha value is -3.07. The Morgan fingerprint density at radius 2 is 1.64 bits per heavy atom. The van der Waals surface area contributed by atoms with Crippen molar-refractivity contribution in [1.82, 2.24) is 16.0 Å². The van der Waals surface area contributed by atoms with Gasteiger partial charge in [0.25, 0.3) is 0 Å². The molecule has 3 unspecified atom stereocenters. The molecule has 33 heavy (non-hydrogen) atoms. The first-order valence-corrected chi connectivity index (χ1v) is 11.6. The van der Waals surface area contributed by atoms with Crippen LogP contribution in [0, 0.1) is 0 Å². The van der Waals surface area contributed by atoms with Gasteiger partial charge in [0.05, 0.1) is 12.6 Å². The molecule has 15 heteroatoms. The number of amides is 4. The highest BCUT2D eigenvalue weighted by Crippen LogP contribution is 2.03. The summed E-state index contributed by atoms with van der Waals surface area (Å²) in [7, 11) is 0. The second-order valence-electron chi connectivity index (χ2n) is 7.08. The number of aliphatic imine (C=N–C) groups is 1. The van der Waals surface area contributed by atoms with Crippen molar-refractivity contribution in [2.75, 3.05) is 25.1 Å². The molecule has 0 rings (SSSR count). The van der Waals surface area contributed by atoms with E-state index in [0.29, 0.717) is 12.2 Å². The summed E-state index contributed by atoms with van der Waals surface area (Å²) in [5, 5.41) is 16.4. The van der Waals surface area contributed by atoms with E-state index in [2.05, 4.69) is 20.9 Å². The number of rotatable bonds is 17. The van der Waals surface area contributed by atoms with Crippen LogP contribution >= 0.6 is 11.8 Å². The van der Waals surface area contributed by atoms with Gasteiger partial charge >= 0.3 is 5.97 Å². The molecule has 3 atom stereocenters. The van der Waals surface area contributed by atoms with Gasteiger partial charge in [-0.05, 0) is 37.7 Å². The van der Waals surface area contributed by atoms with Gasteiger partial charge in [0.2, 0.25) is 23.6 Å². The molecular weight excluding hydrogens is 456 g/mol. The largest absolute Gasteiger partial charge is 0.480 e. The average Bonchev–Trinajstić information content (AvgIpc) is 2.74. The van der Waals surface area contributed by atoms with Crippen LogP contribution in [0.3, 0.4) is 0 Å². The fourth-order valence-corrected chi connectivity index (χ4v) is 2.98. The highest BCUT2D eigenvalue weighted by atomic mass is 32.2. The van der Waals surface area contributed by atoms with Gasteiger partial charge in [0.1, 0.15) is 12.1 Å². The maximum absolute atomic E-state index is 12.5. The minimum atomic E-state index is -1.24. The summed E-state index contributed by atoms with van der Waals surface area (Å²) >= 11 is 1.45. The van der Waals surface area contributed by atoms with Gasteiger partial charge in [0.15, 0.2) is 5.96 Å². The second kappa shape index (κ2) is 16.5. The molecule has 14 nitrogen and oxygen atoms in total. The second-order valence-corrected chi connectivity index (χ2v) is 8.06. The maximum atomic E-state index is 12.5. The normalized spacial score (nSPS) is 13.2. The summed E-state index contributed by atoms with van der Waals surface area (Å²) in [5.41, 5.74) is 21.1. The third-order valence-electron chi connectivity index (χ3n) is 4.28. The first kappa shape index (κ1) is 29.9. The monoisotopic (exact) mass is 490 g/mol. The van der Waals surface area contributed by atoms with Crippen molar-refractivity contribution >= 4 is 47.3 Å². The summed E-state index contributed by atoms with van der Waals surface area (Å²) < 4.78 is 0. The number of carboxylic acids is 1. The Kier molecular flexibility index (Phi) is 15.0. The summed E-state index contributed by atoms with van der Waals surface area (Å²) in [6, 6.07) is -3.17. The molecule has 0 fully saturated rings. The van der Waals surface area contributed by atoms with Gasteiger partial charge in [-0.3, -0.25) is 24.2 Å². The lowest BCUT2D eigenvalue weighted by Crippen LogP contribution is -2.53. The number of nitrogens with zero attached hydrogens (tertiary/aromatic N) is 1. The average molecular weight is 491 g/mol. The summed E-state index contributed by atoms with van der Waals surface area (Å²) in [5.74, 6) is -3.40. The minimum Gasteiger partial charge on any atom is -0.480 e. The molecule has 0 aromatic carbocycles. The topological polar surface area (TPSA) is 258 Å². The van der Waals surface area contributed by atoms with Crippen LogP contribution in [-0.4, -0.2) is 83.9 Å². The first-order chi connectivity index (χ1) is 15.5. The Labute approximate surface area is 196 Å². The molecule has 0 aliphatic rings. The number of primary amides is 1. The van der Waals surface area contributed by atoms with Crippen LogP contribution in [0.1, 0.15) is 32.1 Å². The van der Waals surface area contributed by atoms with Gasteiger partial charge in [-0.25, -0.2) is 4.79 Å². The lowest BCUT2D eigenvalue weighted by atomic mass is 10.1. The van der Waals surface area contributed by atoms with Crippen molar-refractivity contribution < 1.29 is 29.1 Å². The molecule has 0 bridgehead atoms. The molecular formula is C18H34N8O6S. The Morgan fingerprint density at radius 3 is 2.18 bits per heavy atom. The van der Waals surface area contributed by atoms with Gasteiger partial charge in [-0.2, -0.15) is 11.8 Å². The number of hydrogen-bond acceptors (Lipinski definition) is 8. The van der Waals surface area contributed by atoms with Crippen LogP contribution in [0.2, 0.25) is 0 Å². The van der Waals surface area contributed by atoms with E-state index in [1.807, 2.05) is 6.26 Å². The van der Waals surface area contributed by atoms with Crippen LogP contribution < -0.4 is 38.9 Å². The number of nitrogens with two attached hydrogens (primary N) is 4. The molecule has 0 heterocycles. The molecule has 0 aliphatic carbocycles. The number of hydrogen-bond donors (Lipinski definition) is 8. The fourth-order valence-electron chi connectivity index (χ4n) is 2.51. The molecule has 188 valence electrons. The van der Waals surface area contributed by atoms with Gasteiger partial charge in [0, 0.05) is 13.0 Å². The molecule has 0 aliphatic heterocycles. The highest BCUT2D eigenvalue weighted by molar-refractivity contribution is 7.98. The smallest absolute Gasteiger partial charge is 0.326 e. The molecule has 0 saturated heterocycles. The quantitative estimate of drug-likeness (QED) is 0.0568. The van der Waals surface area contributed by atoms with Crippen molar-refractivity contribution in [3.63, 3.8) is 0 Å². The number of aliphatic carboxylic acids is 1. The lowest BCUT2D eigenvalue weighted by molar-refractivity contribution is -0.142. The zero-order valence-corrected chi connectivity index (χ0v) is 19.4. The Bertz CT molecular complexity index is 716. The van der Waals surface area contributed by atoms with Crippen molar-refractivity contribution in [2.24, 2.45) is 27.9 Å². The van der Waals surface area contributed by atoms with Crippen molar-refractivity contribution in [2.45, 2.75) is 50.2 Å². The molecule has 4 amide bonds. The Morgan fingerprint density at radius 1 is 0.970 bits per heavy atom. The van der Waals surface area contributed by atoms with E-state index in [0.717, 1.165) is 0 Å². The van der Waals surface area contributed by atoms with Crippen molar-refractivity contribution in [3.8, 4) is 0 Å². The van der Waals surface area contributed by atoms with E-state index in [1.54, 1.807) is 0 Å². The summed E-state index contributed by atoms with van der Waals surface area (Å²) in [6.07, 6.45) is 2.45. The molecule has 0 radical (unpaired) electrons. The van der Waals surface area contributed by atoms with Crippen LogP contribution in [0.4, 0.5) is 0 Å². The number of thioether (sulfide) groups is 1. The van der Waals surface area contributed by atoms with Gasteiger partial charge in [-0.1, -0.05) is 0 Å². The molecule has 0 saturated carbocycles. The van der Waals surface area contributed by atoms with E-state index in [4.69, 9.17) is 22.9 Å². The SMILES string of the molecule is CSCCC(NC(=O)C(N)CCC(N)=O)C(=O)NCC(=O)NC(CCCN=C(N)N)C(=O)O. The zero-order chi connectivity index (χ0) is 25.4. The maximum Gasteiger partial charge on any atom is 0.326 e.